The monoisotopic (exact) mass is 361 g/mol. The van der Waals surface area contributed by atoms with Crippen LogP contribution in [-0.4, -0.2) is 26.8 Å². The molecule has 1 unspecified atom stereocenters. The van der Waals surface area contributed by atoms with E-state index in [0.29, 0.717) is 23.7 Å². The van der Waals surface area contributed by atoms with Crippen LogP contribution in [0.15, 0.2) is 61.1 Å². The lowest BCUT2D eigenvalue weighted by Gasteiger charge is -2.13. The lowest BCUT2D eigenvalue weighted by Crippen LogP contribution is -2.30. The van der Waals surface area contributed by atoms with Crippen molar-refractivity contribution in [3.05, 3.63) is 72.2 Å². The average molecular weight is 361 g/mol. The van der Waals surface area contributed by atoms with Gasteiger partial charge in [0.25, 0.3) is 5.91 Å². The molecule has 7 nitrogen and oxygen atoms in total. The molecule has 7 heteroatoms. The topological polar surface area (TPSA) is 92.8 Å². The summed E-state index contributed by atoms with van der Waals surface area (Å²) in [6.45, 7) is 2.37. The Hall–Kier alpha value is -3.66. The highest BCUT2D eigenvalue weighted by atomic mass is 16.5. The van der Waals surface area contributed by atoms with Gasteiger partial charge in [-0.25, -0.2) is 0 Å². The van der Waals surface area contributed by atoms with Crippen LogP contribution in [0, 0.1) is 11.3 Å². The van der Waals surface area contributed by atoms with Gasteiger partial charge < -0.3 is 10.1 Å². The van der Waals surface area contributed by atoms with E-state index in [0.717, 1.165) is 6.42 Å². The van der Waals surface area contributed by atoms with Crippen molar-refractivity contribution in [3.8, 4) is 11.8 Å². The molecule has 3 aromatic rings. The molecule has 0 saturated heterocycles. The van der Waals surface area contributed by atoms with E-state index in [1.54, 1.807) is 54.3 Å². The number of rotatable bonds is 7. The first-order chi connectivity index (χ1) is 13.1. The van der Waals surface area contributed by atoms with Crippen LogP contribution in [0.1, 0.15) is 18.1 Å². The number of anilines is 1. The number of nitrogens with one attached hydrogen (secondary N) is 1. The fourth-order valence-electron chi connectivity index (χ4n) is 2.44. The summed E-state index contributed by atoms with van der Waals surface area (Å²) in [6.07, 6.45) is 5.48. The molecular weight excluding hydrogens is 342 g/mol. The van der Waals surface area contributed by atoms with Gasteiger partial charge in [0.05, 0.1) is 11.6 Å². The Kier molecular flexibility index (Phi) is 5.80. The van der Waals surface area contributed by atoms with E-state index in [1.165, 1.54) is 5.56 Å². The molecule has 0 aliphatic rings. The smallest absolute Gasteiger partial charge is 0.266 e. The van der Waals surface area contributed by atoms with Gasteiger partial charge in [-0.1, -0.05) is 0 Å². The second-order valence-electron chi connectivity index (χ2n) is 5.96. The molecule has 2 heterocycles. The van der Waals surface area contributed by atoms with Crippen molar-refractivity contribution in [2.45, 2.75) is 26.0 Å². The maximum Gasteiger partial charge on any atom is 0.266 e. The van der Waals surface area contributed by atoms with Crippen LogP contribution < -0.4 is 10.1 Å². The van der Waals surface area contributed by atoms with E-state index in [4.69, 9.17) is 10.00 Å². The SMILES string of the molecule is CC(Oc1ccc(C#N)cc1)C(=O)Nc1ccn(CCc2ccncc2)n1. The third-order valence-electron chi connectivity index (χ3n) is 3.94. The van der Waals surface area contributed by atoms with Crippen molar-refractivity contribution in [3.63, 3.8) is 0 Å². The van der Waals surface area contributed by atoms with Gasteiger partial charge in [-0.05, 0) is 55.3 Å². The van der Waals surface area contributed by atoms with Crippen LogP contribution in [0.3, 0.4) is 0 Å². The number of hydrogen-bond acceptors (Lipinski definition) is 5. The number of carbonyl (C=O) groups is 1. The fourth-order valence-corrected chi connectivity index (χ4v) is 2.44. The summed E-state index contributed by atoms with van der Waals surface area (Å²) < 4.78 is 7.38. The zero-order valence-corrected chi connectivity index (χ0v) is 14.9. The van der Waals surface area contributed by atoms with Gasteiger partial charge in [0.15, 0.2) is 11.9 Å². The summed E-state index contributed by atoms with van der Waals surface area (Å²) in [7, 11) is 0. The first kappa shape index (κ1) is 18.1. The Morgan fingerprint density at radius 3 is 2.67 bits per heavy atom. The lowest BCUT2D eigenvalue weighted by atomic mass is 10.2. The maximum absolute atomic E-state index is 12.3. The average Bonchev–Trinajstić information content (AvgIpc) is 3.15. The van der Waals surface area contributed by atoms with Crippen molar-refractivity contribution < 1.29 is 9.53 Å². The minimum Gasteiger partial charge on any atom is -0.481 e. The highest BCUT2D eigenvalue weighted by Crippen LogP contribution is 2.14. The zero-order valence-electron chi connectivity index (χ0n) is 14.9. The molecule has 0 aliphatic carbocycles. The number of ether oxygens (including phenoxy) is 1. The van der Waals surface area contributed by atoms with Crippen LogP contribution in [0.4, 0.5) is 5.82 Å². The number of aryl methyl sites for hydroxylation is 2. The summed E-state index contributed by atoms with van der Waals surface area (Å²) in [4.78, 5) is 16.3. The third kappa shape index (κ3) is 5.16. The number of nitriles is 1. The Morgan fingerprint density at radius 1 is 1.22 bits per heavy atom. The zero-order chi connectivity index (χ0) is 19.1. The number of benzene rings is 1. The molecule has 1 amide bonds. The van der Waals surface area contributed by atoms with Crippen molar-refractivity contribution >= 4 is 11.7 Å². The van der Waals surface area contributed by atoms with Crippen LogP contribution in [-0.2, 0) is 17.8 Å². The highest BCUT2D eigenvalue weighted by Gasteiger charge is 2.16. The predicted octanol–water partition coefficient (Wildman–Crippen LogP) is 2.80. The molecule has 1 aromatic carbocycles. The predicted molar refractivity (Wildman–Crippen MR) is 100 cm³/mol. The van der Waals surface area contributed by atoms with E-state index in [-0.39, 0.29) is 5.91 Å². The Bertz CT molecular complexity index is 929. The highest BCUT2D eigenvalue weighted by molar-refractivity contribution is 5.93. The number of pyridine rings is 1. The van der Waals surface area contributed by atoms with Crippen LogP contribution in [0.25, 0.3) is 0 Å². The molecule has 0 bridgehead atoms. The normalized spacial score (nSPS) is 11.4. The summed E-state index contributed by atoms with van der Waals surface area (Å²) in [5.74, 6) is 0.711. The molecule has 1 atom stereocenters. The maximum atomic E-state index is 12.3. The standard InChI is InChI=1S/C20H19N5O2/c1-15(27-18-4-2-17(14-21)3-5-18)20(26)23-19-9-13-25(24-19)12-8-16-6-10-22-11-7-16/h2-7,9-11,13,15H,8,12H2,1H3,(H,23,24,26). The van der Waals surface area contributed by atoms with Gasteiger partial charge in [0.1, 0.15) is 5.75 Å². The van der Waals surface area contributed by atoms with Gasteiger partial charge >= 0.3 is 0 Å². The van der Waals surface area contributed by atoms with Crippen molar-refractivity contribution in [1.82, 2.24) is 14.8 Å². The summed E-state index contributed by atoms with van der Waals surface area (Å²) in [6, 6.07) is 14.3. The van der Waals surface area contributed by atoms with Gasteiger partial charge in [-0.2, -0.15) is 10.4 Å². The quantitative estimate of drug-likeness (QED) is 0.698. The second-order valence-corrected chi connectivity index (χ2v) is 5.96. The first-order valence-corrected chi connectivity index (χ1v) is 8.54. The summed E-state index contributed by atoms with van der Waals surface area (Å²) in [5.41, 5.74) is 1.72. The lowest BCUT2D eigenvalue weighted by molar-refractivity contribution is -0.122. The van der Waals surface area contributed by atoms with E-state index in [9.17, 15) is 4.79 Å². The molecule has 0 fully saturated rings. The van der Waals surface area contributed by atoms with Crippen LogP contribution in [0.2, 0.25) is 0 Å². The van der Waals surface area contributed by atoms with E-state index in [1.807, 2.05) is 24.4 Å². The molecule has 27 heavy (non-hydrogen) atoms. The van der Waals surface area contributed by atoms with E-state index < -0.39 is 6.10 Å². The molecule has 3 rings (SSSR count). The molecule has 136 valence electrons. The summed E-state index contributed by atoms with van der Waals surface area (Å²) >= 11 is 0. The Morgan fingerprint density at radius 2 is 1.96 bits per heavy atom. The number of aromatic nitrogens is 3. The minimum atomic E-state index is -0.695. The molecular formula is C20H19N5O2. The molecule has 0 saturated carbocycles. The molecule has 0 spiro atoms. The van der Waals surface area contributed by atoms with Crippen LogP contribution >= 0.6 is 0 Å². The minimum absolute atomic E-state index is 0.293. The number of amides is 1. The third-order valence-corrected chi connectivity index (χ3v) is 3.94. The largest absolute Gasteiger partial charge is 0.481 e. The van der Waals surface area contributed by atoms with Crippen molar-refractivity contribution in [2.24, 2.45) is 0 Å². The Balaban J connectivity index is 1.51. The number of carbonyl (C=O) groups excluding carboxylic acids is 1. The molecule has 0 aliphatic heterocycles. The van der Waals surface area contributed by atoms with Gasteiger partial charge in [0.2, 0.25) is 0 Å². The van der Waals surface area contributed by atoms with E-state index in [2.05, 4.69) is 15.4 Å². The Labute approximate surface area is 157 Å². The first-order valence-electron chi connectivity index (χ1n) is 8.54. The molecule has 1 N–H and O–H groups in total. The van der Waals surface area contributed by atoms with Crippen molar-refractivity contribution in [1.29, 1.82) is 5.26 Å². The second kappa shape index (κ2) is 8.63. The van der Waals surface area contributed by atoms with E-state index >= 15 is 0 Å². The van der Waals surface area contributed by atoms with Crippen LogP contribution in [0.5, 0.6) is 5.75 Å². The van der Waals surface area contributed by atoms with Gasteiger partial charge in [-0.3, -0.25) is 14.5 Å². The van der Waals surface area contributed by atoms with Gasteiger partial charge in [-0.15, -0.1) is 0 Å². The molecule has 2 aromatic heterocycles. The fraction of sp³-hybridized carbons (Fsp3) is 0.200. The van der Waals surface area contributed by atoms with Crippen molar-refractivity contribution in [2.75, 3.05) is 5.32 Å². The number of nitrogens with zero attached hydrogens (tertiary/aromatic N) is 4. The van der Waals surface area contributed by atoms with Gasteiger partial charge in [0, 0.05) is 31.2 Å². The molecule has 0 radical (unpaired) electrons. The number of hydrogen-bond donors (Lipinski definition) is 1. The summed E-state index contributed by atoms with van der Waals surface area (Å²) in [5, 5.41) is 15.9.